The topological polar surface area (TPSA) is 26.0 Å². The maximum atomic E-state index is 4.99. The van der Waals surface area contributed by atoms with Gasteiger partial charge in [-0.2, -0.15) is 0 Å². The highest BCUT2D eigenvalue weighted by Crippen LogP contribution is 2.23. The molecule has 0 aliphatic heterocycles. The third kappa shape index (κ3) is 1.77. The van der Waals surface area contributed by atoms with Crippen molar-refractivity contribution in [1.29, 1.82) is 0 Å². The van der Waals surface area contributed by atoms with E-state index in [0.29, 0.717) is 0 Å². The molecular weight excluding hydrogens is 218 g/mol. The first kappa shape index (κ1) is 9.36. The number of benzene rings is 1. The lowest BCUT2D eigenvalue weighted by molar-refractivity contribution is 0.567. The molecule has 0 radical (unpaired) electrons. The van der Waals surface area contributed by atoms with Crippen LogP contribution in [0.15, 0.2) is 47.3 Å². The summed E-state index contributed by atoms with van der Waals surface area (Å²) in [6.07, 6.45) is 7.39. The maximum Gasteiger partial charge on any atom is 0.117 e. The van der Waals surface area contributed by atoms with E-state index in [0.717, 1.165) is 16.1 Å². The summed E-state index contributed by atoms with van der Waals surface area (Å²) in [4.78, 5) is 4.51. The zero-order valence-corrected chi connectivity index (χ0v) is 9.28. The Labute approximate surface area is 96.9 Å². The van der Waals surface area contributed by atoms with Gasteiger partial charge in [0, 0.05) is 5.56 Å². The van der Waals surface area contributed by atoms with Crippen LogP contribution in [0, 0.1) is 0 Å². The van der Waals surface area contributed by atoms with Crippen LogP contribution in [0.2, 0.25) is 0 Å². The minimum absolute atomic E-state index is 1.02. The lowest BCUT2D eigenvalue weighted by Gasteiger charge is -1.81. The molecule has 2 nitrogen and oxygen atoms in total. The van der Waals surface area contributed by atoms with E-state index in [2.05, 4.69) is 11.1 Å². The average molecular weight is 227 g/mol. The molecule has 0 aliphatic carbocycles. The standard InChI is InChI=1S/C13H9NOS/c1-2-4-12-11(3-1)14-13(16-12)6-5-10-7-8-15-9-10/h1-9H. The maximum absolute atomic E-state index is 4.99. The van der Waals surface area contributed by atoms with Crippen LogP contribution in [0.4, 0.5) is 0 Å². The molecule has 0 saturated heterocycles. The fourth-order valence-corrected chi connectivity index (χ4v) is 2.37. The van der Waals surface area contributed by atoms with Crippen molar-refractivity contribution in [2.24, 2.45) is 0 Å². The summed E-state index contributed by atoms with van der Waals surface area (Å²) in [6, 6.07) is 10.1. The second-order valence-corrected chi connectivity index (χ2v) is 4.47. The Morgan fingerprint density at radius 1 is 1.12 bits per heavy atom. The summed E-state index contributed by atoms with van der Waals surface area (Å²) in [5, 5.41) is 1.02. The summed E-state index contributed by atoms with van der Waals surface area (Å²) in [7, 11) is 0. The third-order valence-corrected chi connectivity index (χ3v) is 3.27. The van der Waals surface area contributed by atoms with Gasteiger partial charge in [0.1, 0.15) is 5.01 Å². The molecule has 0 aliphatic rings. The third-order valence-electron chi connectivity index (χ3n) is 2.27. The second kappa shape index (κ2) is 3.94. The summed E-state index contributed by atoms with van der Waals surface area (Å²) in [5.74, 6) is 0. The molecule has 3 rings (SSSR count). The molecule has 78 valence electrons. The molecule has 0 saturated carbocycles. The van der Waals surface area contributed by atoms with Crippen LogP contribution in [-0.2, 0) is 0 Å². The monoisotopic (exact) mass is 227 g/mol. The second-order valence-electron chi connectivity index (χ2n) is 3.41. The van der Waals surface area contributed by atoms with Crippen molar-refractivity contribution in [2.45, 2.75) is 0 Å². The van der Waals surface area contributed by atoms with Gasteiger partial charge in [0.25, 0.3) is 0 Å². The number of aromatic nitrogens is 1. The molecule has 0 fully saturated rings. The zero-order chi connectivity index (χ0) is 10.8. The van der Waals surface area contributed by atoms with E-state index in [4.69, 9.17) is 4.42 Å². The Morgan fingerprint density at radius 2 is 2.06 bits per heavy atom. The molecule has 1 aromatic carbocycles. The fraction of sp³-hybridized carbons (Fsp3) is 0. The lowest BCUT2D eigenvalue weighted by Crippen LogP contribution is -1.67. The van der Waals surface area contributed by atoms with E-state index < -0.39 is 0 Å². The zero-order valence-electron chi connectivity index (χ0n) is 8.46. The number of thiazole rings is 1. The summed E-state index contributed by atoms with van der Waals surface area (Å²) >= 11 is 1.69. The first-order valence-electron chi connectivity index (χ1n) is 4.98. The van der Waals surface area contributed by atoms with Gasteiger partial charge in [-0.05, 0) is 30.4 Å². The van der Waals surface area contributed by atoms with Crippen molar-refractivity contribution in [3.8, 4) is 0 Å². The molecule has 0 N–H and O–H groups in total. The normalized spacial score (nSPS) is 11.5. The van der Waals surface area contributed by atoms with Crippen LogP contribution in [-0.4, -0.2) is 4.98 Å². The Bertz CT molecular complexity index is 589. The van der Waals surface area contributed by atoms with Gasteiger partial charge in [-0.25, -0.2) is 4.98 Å². The first-order chi connectivity index (χ1) is 7.92. The molecule has 0 spiro atoms. The van der Waals surface area contributed by atoms with E-state index in [1.807, 2.05) is 36.4 Å². The molecule has 3 aromatic rings. The van der Waals surface area contributed by atoms with Gasteiger partial charge in [-0.3, -0.25) is 0 Å². The number of rotatable bonds is 2. The van der Waals surface area contributed by atoms with Crippen LogP contribution >= 0.6 is 11.3 Å². The minimum Gasteiger partial charge on any atom is -0.472 e. The van der Waals surface area contributed by atoms with Crippen molar-refractivity contribution in [2.75, 3.05) is 0 Å². The molecule has 0 bridgehead atoms. The Kier molecular flexibility index (Phi) is 2.31. The molecule has 16 heavy (non-hydrogen) atoms. The SMILES string of the molecule is C(=Cc1nc2ccccc2s1)c1ccoc1. The van der Waals surface area contributed by atoms with Gasteiger partial charge in [0.2, 0.25) is 0 Å². The molecular formula is C13H9NOS. The van der Waals surface area contributed by atoms with E-state index in [-0.39, 0.29) is 0 Å². The van der Waals surface area contributed by atoms with Gasteiger partial charge in [-0.15, -0.1) is 11.3 Å². The predicted octanol–water partition coefficient (Wildman–Crippen LogP) is 4.06. The van der Waals surface area contributed by atoms with Crippen molar-refractivity contribution in [3.05, 3.63) is 53.4 Å². The smallest absolute Gasteiger partial charge is 0.117 e. The quantitative estimate of drug-likeness (QED) is 0.659. The summed E-state index contributed by atoms with van der Waals surface area (Å²) in [6.45, 7) is 0. The summed E-state index contributed by atoms with van der Waals surface area (Å²) < 4.78 is 6.21. The highest BCUT2D eigenvalue weighted by atomic mass is 32.1. The van der Waals surface area contributed by atoms with Gasteiger partial charge in [0.05, 0.1) is 22.7 Å². The van der Waals surface area contributed by atoms with Crippen LogP contribution in [0.25, 0.3) is 22.4 Å². The van der Waals surface area contributed by atoms with Crippen molar-refractivity contribution < 1.29 is 4.42 Å². The van der Waals surface area contributed by atoms with Gasteiger partial charge in [0.15, 0.2) is 0 Å². The first-order valence-corrected chi connectivity index (χ1v) is 5.79. The highest BCUT2D eigenvalue weighted by molar-refractivity contribution is 7.19. The van der Waals surface area contributed by atoms with Crippen molar-refractivity contribution in [1.82, 2.24) is 4.98 Å². The van der Waals surface area contributed by atoms with Crippen LogP contribution in [0.3, 0.4) is 0 Å². The molecule has 0 atom stereocenters. The van der Waals surface area contributed by atoms with E-state index in [1.54, 1.807) is 23.9 Å². The van der Waals surface area contributed by atoms with Crippen LogP contribution < -0.4 is 0 Å². The largest absolute Gasteiger partial charge is 0.472 e. The highest BCUT2D eigenvalue weighted by Gasteiger charge is 1.99. The number of nitrogens with zero attached hydrogens (tertiary/aromatic N) is 1. The molecule has 0 unspecified atom stereocenters. The van der Waals surface area contributed by atoms with E-state index >= 15 is 0 Å². The van der Waals surface area contributed by atoms with Crippen molar-refractivity contribution in [3.63, 3.8) is 0 Å². The molecule has 3 heteroatoms. The van der Waals surface area contributed by atoms with Gasteiger partial charge in [-0.1, -0.05) is 12.1 Å². The number of furan rings is 1. The molecule has 0 amide bonds. The Balaban J connectivity index is 1.95. The van der Waals surface area contributed by atoms with Gasteiger partial charge < -0.3 is 4.42 Å². The lowest BCUT2D eigenvalue weighted by atomic mass is 10.3. The molecule has 2 aromatic heterocycles. The minimum atomic E-state index is 1.02. The number of hydrogen-bond acceptors (Lipinski definition) is 3. The Hall–Kier alpha value is -1.87. The fourth-order valence-electron chi connectivity index (χ4n) is 1.50. The van der Waals surface area contributed by atoms with Crippen LogP contribution in [0.1, 0.15) is 10.6 Å². The number of para-hydroxylation sites is 1. The predicted molar refractivity (Wildman–Crippen MR) is 67.3 cm³/mol. The molecule has 2 heterocycles. The van der Waals surface area contributed by atoms with Crippen molar-refractivity contribution >= 4 is 33.7 Å². The van der Waals surface area contributed by atoms with E-state index in [1.165, 1.54) is 4.70 Å². The summed E-state index contributed by atoms with van der Waals surface area (Å²) in [5.41, 5.74) is 2.11. The average Bonchev–Trinajstić information content (AvgIpc) is 2.95. The van der Waals surface area contributed by atoms with Gasteiger partial charge >= 0.3 is 0 Å². The van der Waals surface area contributed by atoms with E-state index in [9.17, 15) is 0 Å². The van der Waals surface area contributed by atoms with Crippen LogP contribution in [0.5, 0.6) is 0 Å². The number of fused-ring (bicyclic) bond motifs is 1. The number of hydrogen-bond donors (Lipinski definition) is 0. The Morgan fingerprint density at radius 3 is 2.88 bits per heavy atom.